The van der Waals surface area contributed by atoms with E-state index in [1.165, 1.54) is 16.2 Å². The zero-order valence-electron chi connectivity index (χ0n) is 13.2. The summed E-state index contributed by atoms with van der Waals surface area (Å²) in [6.45, 7) is 3.72. The van der Waals surface area contributed by atoms with Crippen LogP contribution in [-0.2, 0) is 6.42 Å². The van der Waals surface area contributed by atoms with Crippen molar-refractivity contribution >= 4 is 28.0 Å². The average Bonchev–Trinajstić information content (AvgIpc) is 2.98. The van der Waals surface area contributed by atoms with Crippen molar-refractivity contribution in [1.82, 2.24) is 4.90 Å². The van der Waals surface area contributed by atoms with Gasteiger partial charge in [0.25, 0.3) is 5.91 Å². The smallest absolute Gasteiger partial charge is 0.258 e. The van der Waals surface area contributed by atoms with Gasteiger partial charge in [-0.3, -0.25) is 9.59 Å². The lowest BCUT2D eigenvalue weighted by molar-refractivity contribution is 0.0631. The van der Waals surface area contributed by atoms with Crippen molar-refractivity contribution in [3.05, 3.63) is 51.9 Å². The number of rotatable bonds is 4. The fourth-order valence-corrected chi connectivity index (χ4v) is 3.63. The van der Waals surface area contributed by atoms with Gasteiger partial charge in [-0.15, -0.1) is 11.3 Å². The molecule has 24 heavy (non-hydrogen) atoms. The van der Waals surface area contributed by atoms with Gasteiger partial charge in [0.15, 0.2) is 5.78 Å². The molecular weight excluding hydrogens is 334 g/mol. The Labute approximate surface area is 142 Å². The lowest BCUT2D eigenvalue weighted by Gasteiger charge is -2.32. The van der Waals surface area contributed by atoms with Crippen LogP contribution < -0.4 is 5.32 Å². The molecule has 0 bridgehead atoms. The molecule has 1 aromatic heterocycles. The molecule has 1 amide bonds. The summed E-state index contributed by atoms with van der Waals surface area (Å²) in [6.07, 6.45) is 0.821. The molecule has 0 radical (unpaired) electrons. The SMILES string of the molecule is CCc1cc2c(s1)NCN(C(C)C(=O)c1ccc(F)cc1F)C2=O. The van der Waals surface area contributed by atoms with Crippen LogP contribution in [0.5, 0.6) is 0 Å². The molecule has 2 aromatic rings. The van der Waals surface area contributed by atoms with E-state index in [0.717, 1.165) is 28.4 Å². The Balaban J connectivity index is 1.86. The van der Waals surface area contributed by atoms with Gasteiger partial charge in [-0.05, 0) is 31.5 Å². The van der Waals surface area contributed by atoms with Crippen molar-refractivity contribution in [2.24, 2.45) is 0 Å². The third-order valence-electron chi connectivity index (χ3n) is 4.08. The fraction of sp³-hybridized carbons (Fsp3) is 0.294. The summed E-state index contributed by atoms with van der Waals surface area (Å²) >= 11 is 1.52. The molecule has 2 heterocycles. The number of Topliss-reactive ketones (excluding diaryl/α,β-unsaturated/α-hetero) is 1. The standard InChI is InChI=1S/C17H16F2N2O2S/c1-3-11-7-13-16(24-11)20-8-21(17(13)23)9(2)15(22)12-5-4-10(18)6-14(12)19/h4-7,9,20H,3,8H2,1-2H3. The van der Waals surface area contributed by atoms with Gasteiger partial charge < -0.3 is 10.2 Å². The number of halogens is 2. The number of fused-ring (bicyclic) bond motifs is 1. The van der Waals surface area contributed by atoms with E-state index in [1.807, 2.05) is 13.0 Å². The molecule has 0 saturated heterocycles. The lowest BCUT2D eigenvalue weighted by Crippen LogP contribution is -2.48. The summed E-state index contributed by atoms with van der Waals surface area (Å²) in [4.78, 5) is 27.6. The fourth-order valence-electron chi connectivity index (χ4n) is 2.66. The van der Waals surface area contributed by atoms with E-state index in [2.05, 4.69) is 5.32 Å². The molecule has 1 unspecified atom stereocenters. The van der Waals surface area contributed by atoms with E-state index in [-0.39, 0.29) is 18.1 Å². The van der Waals surface area contributed by atoms with Crippen molar-refractivity contribution in [3.8, 4) is 0 Å². The quantitative estimate of drug-likeness (QED) is 0.856. The average molecular weight is 350 g/mol. The number of hydrogen-bond donors (Lipinski definition) is 1. The highest BCUT2D eigenvalue weighted by Crippen LogP contribution is 2.33. The molecule has 1 N–H and O–H groups in total. The van der Waals surface area contributed by atoms with Gasteiger partial charge in [-0.25, -0.2) is 8.78 Å². The summed E-state index contributed by atoms with van der Waals surface area (Å²) < 4.78 is 26.8. The Morgan fingerprint density at radius 1 is 1.38 bits per heavy atom. The van der Waals surface area contributed by atoms with E-state index in [0.29, 0.717) is 11.6 Å². The summed E-state index contributed by atoms with van der Waals surface area (Å²) in [6, 6.07) is 3.77. The molecular formula is C17H16F2N2O2S. The second-order valence-electron chi connectivity index (χ2n) is 5.58. The lowest BCUT2D eigenvalue weighted by atomic mass is 10.0. The molecule has 1 aliphatic heterocycles. The minimum Gasteiger partial charge on any atom is -0.359 e. The summed E-state index contributed by atoms with van der Waals surface area (Å²) in [5, 5.41) is 3.92. The second kappa shape index (κ2) is 6.32. The number of amides is 1. The second-order valence-corrected chi connectivity index (χ2v) is 6.72. The van der Waals surface area contributed by atoms with Crippen LogP contribution in [0.1, 0.15) is 39.4 Å². The van der Waals surface area contributed by atoms with Crippen LogP contribution in [0.3, 0.4) is 0 Å². The van der Waals surface area contributed by atoms with Gasteiger partial charge in [0.2, 0.25) is 0 Å². The van der Waals surface area contributed by atoms with E-state index < -0.39 is 23.5 Å². The molecule has 126 valence electrons. The normalized spacial score (nSPS) is 15.0. The summed E-state index contributed by atoms with van der Waals surface area (Å²) in [7, 11) is 0. The number of hydrogen-bond acceptors (Lipinski definition) is 4. The predicted octanol–water partition coefficient (Wildman–Crippen LogP) is 3.69. The Hall–Kier alpha value is -2.28. The van der Waals surface area contributed by atoms with Crippen LogP contribution in [-0.4, -0.2) is 29.3 Å². The minimum atomic E-state index is -0.922. The van der Waals surface area contributed by atoms with Crippen LogP contribution in [0.4, 0.5) is 13.8 Å². The van der Waals surface area contributed by atoms with Gasteiger partial charge in [-0.1, -0.05) is 6.92 Å². The van der Waals surface area contributed by atoms with E-state index in [1.54, 1.807) is 6.92 Å². The van der Waals surface area contributed by atoms with Crippen molar-refractivity contribution in [1.29, 1.82) is 0 Å². The van der Waals surface area contributed by atoms with Crippen LogP contribution in [0.2, 0.25) is 0 Å². The molecule has 4 nitrogen and oxygen atoms in total. The largest absolute Gasteiger partial charge is 0.359 e. The molecule has 0 spiro atoms. The van der Waals surface area contributed by atoms with Crippen molar-refractivity contribution in [2.75, 3.05) is 12.0 Å². The number of aryl methyl sites for hydroxylation is 1. The van der Waals surface area contributed by atoms with Gasteiger partial charge >= 0.3 is 0 Å². The van der Waals surface area contributed by atoms with E-state index >= 15 is 0 Å². The van der Waals surface area contributed by atoms with Crippen molar-refractivity contribution < 1.29 is 18.4 Å². The van der Waals surface area contributed by atoms with Gasteiger partial charge in [-0.2, -0.15) is 0 Å². The highest BCUT2D eigenvalue weighted by molar-refractivity contribution is 7.16. The molecule has 1 aliphatic rings. The highest BCUT2D eigenvalue weighted by atomic mass is 32.1. The zero-order chi connectivity index (χ0) is 17.4. The molecule has 7 heteroatoms. The number of carbonyl (C=O) groups excluding carboxylic acids is 2. The van der Waals surface area contributed by atoms with Gasteiger partial charge in [0.05, 0.1) is 23.8 Å². The zero-order valence-corrected chi connectivity index (χ0v) is 14.0. The maximum Gasteiger partial charge on any atom is 0.258 e. The molecule has 1 aromatic carbocycles. The third-order valence-corrected chi connectivity index (χ3v) is 5.31. The first-order chi connectivity index (χ1) is 11.4. The maximum absolute atomic E-state index is 13.8. The first kappa shape index (κ1) is 16.6. The first-order valence-electron chi connectivity index (χ1n) is 7.59. The monoisotopic (exact) mass is 350 g/mol. The summed E-state index contributed by atoms with van der Waals surface area (Å²) in [5.41, 5.74) is 0.310. The Morgan fingerprint density at radius 2 is 2.12 bits per heavy atom. The van der Waals surface area contributed by atoms with E-state index in [4.69, 9.17) is 0 Å². The van der Waals surface area contributed by atoms with Crippen LogP contribution in [0.25, 0.3) is 0 Å². The first-order valence-corrected chi connectivity index (χ1v) is 8.40. The minimum absolute atomic E-state index is 0.172. The Bertz CT molecular complexity index is 819. The third kappa shape index (κ3) is 2.80. The van der Waals surface area contributed by atoms with Gasteiger partial charge in [0.1, 0.15) is 16.6 Å². The van der Waals surface area contributed by atoms with Crippen LogP contribution in [0, 0.1) is 11.6 Å². The van der Waals surface area contributed by atoms with Gasteiger partial charge in [0, 0.05) is 10.9 Å². The number of nitrogens with zero attached hydrogens (tertiary/aromatic N) is 1. The van der Waals surface area contributed by atoms with Crippen LogP contribution >= 0.6 is 11.3 Å². The molecule has 0 aliphatic carbocycles. The maximum atomic E-state index is 13.8. The molecule has 0 saturated carbocycles. The number of benzene rings is 1. The van der Waals surface area contributed by atoms with Crippen LogP contribution in [0.15, 0.2) is 24.3 Å². The topological polar surface area (TPSA) is 49.4 Å². The van der Waals surface area contributed by atoms with Crippen molar-refractivity contribution in [3.63, 3.8) is 0 Å². The number of thiophene rings is 1. The Kier molecular flexibility index (Phi) is 4.36. The predicted molar refractivity (Wildman–Crippen MR) is 88.5 cm³/mol. The number of ketones is 1. The Morgan fingerprint density at radius 3 is 2.79 bits per heavy atom. The molecule has 1 atom stereocenters. The molecule has 3 rings (SSSR count). The van der Waals surface area contributed by atoms with Crippen molar-refractivity contribution in [2.45, 2.75) is 26.3 Å². The number of nitrogens with one attached hydrogen (secondary N) is 1. The van der Waals surface area contributed by atoms with E-state index in [9.17, 15) is 18.4 Å². The summed E-state index contributed by atoms with van der Waals surface area (Å²) in [5.74, 6) is -2.49. The highest BCUT2D eigenvalue weighted by Gasteiger charge is 2.33. The number of anilines is 1. The number of carbonyl (C=O) groups is 2. The molecule has 0 fully saturated rings.